The van der Waals surface area contributed by atoms with Gasteiger partial charge in [0, 0.05) is 35.4 Å². The third kappa shape index (κ3) is 4.94. The number of benzene rings is 2. The molecule has 0 saturated heterocycles. The van der Waals surface area contributed by atoms with Crippen LogP contribution in [0.4, 0.5) is 15.8 Å². The van der Waals surface area contributed by atoms with E-state index < -0.39 is 24.2 Å². The number of halogens is 1. The van der Waals surface area contributed by atoms with Gasteiger partial charge in [-0.2, -0.15) is 0 Å². The maximum atomic E-state index is 14.4. The Labute approximate surface area is 167 Å². The summed E-state index contributed by atoms with van der Waals surface area (Å²) < 4.78 is 30.1. The van der Waals surface area contributed by atoms with Gasteiger partial charge in [0.1, 0.15) is 0 Å². The van der Waals surface area contributed by atoms with E-state index in [1.165, 1.54) is 45.6 Å². The Kier molecular flexibility index (Phi) is 7.38. The Morgan fingerprint density at radius 1 is 1.00 bits per heavy atom. The summed E-state index contributed by atoms with van der Waals surface area (Å²) >= 11 is 0. The zero-order chi connectivity index (χ0) is 21.6. The molecular weight excluding hydrogens is 383 g/mol. The lowest BCUT2D eigenvalue weighted by atomic mass is 10.1. The number of amides is 2. The van der Waals surface area contributed by atoms with E-state index in [0.29, 0.717) is 22.9 Å². The van der Waals surface area contributed by atoms with Crippen molar-refractivity contribution in [2.75, 3.05) is 32.0 Å². The molecule has 8 nitrogen and oxygen atoms in total. The van der Waals surface area contributed by atoms with Crippen LogP contribution in [0.1, 0.15) is 29.3 Å². The van der Waals surface area contributed by atoms with Gasteiger partial charge in [0.15, 0.2) is 17.3 Å². The number of hydrogen-bond acceptors (Lipinski definition) is 6. The molecule has 2 rings (SSSR count). The zero-order valence-electron chi connectivity index (χ0n) is 16.6. The molecule has 0 saturated carbocycles. The molecule has 0 unspecified atom stereocenters. The van der Waals surface area contributed by atoms with Crippen LogP contribution in [0, 0.1) is 5.82 Å². The van der Waals surface area contributed by atoms with Gasteiger partial charge in [0.25, 0.3) is 5.91 Å². The molecule has 0 aliphatic rings. The van der Waals surface area contributed by atoms with Crippen molar-refractivity contribution in [2.45, 2.75) is 20.0 Å². The maximum absolute atomic E-state index is 14.4. The van der Waals surface area contributed by atoms with Crippen LogP contribution in [0.3, 0.4) is 0 Å². The number of aliphatic hydroxyl groups is 1. The molecule has 0 aliphatic carbocycles. The summed E-state index contributed by atoms with van der Waals surface area (Å²) in [5.74, 6) is -0.752. The second-order valence-electron chi connectivity index (χ2n) is 5.92. The van der Waals surface area contributed by atoms with Gasteiger partial charge in [0.05, 0.1) is 33.6 Å². The number of ether oxygens (including phenoxy) is 3. The van der Waals surface area contributed by atoms with Crippen LogP contribution >= 0.6 is 0 Å². The number of hydrogen-bond donors (Lipinski definition) is 3. The molecule has 0 radical (unpaired) electrons. The minimum Gasteiger partial charge on any atom is -0.493 e. The van der Waals surface area contributed by atoms with E-state index >= 15 is 0 Å². The Hall–Kier alpha value is -3.33. The summed E-state index contributed by atoms with van der Waals surface area (Å²) in [5.41, 5.74) is 0.0986. The number of nitrogens with one attached hydrogen (secondary N) is 2. The summed E-state index contributed by atoms with van der Waals surface area (Å²) in [5, 5.41) is 14.4. The molecular formula is C20H23FN2O6. The molecule has 0 atom stereocenters. The van der Waals surface area contributed by atoms with E-state index in [1.807, 2.05) is 0 Å². The Morgan fingerprint density at radius 3 is 2.10 bits per heavy atom. The number of methoxy groups -OCH3 is 3. The van der Waals surface area contributed by atoms with Crippen molar-refractivity contribution in [3.63, 3.8) is 0 Å². The molecule has 156 valence electrons. The molecule has 2 amide bonds. The van der Waals surface area contributed by atoms with Gasteiger partial charge in [-0.3, -0.25) is 9.59 Å². The molecule has 0 heterocycles. The molecule has 3 N–H and O–H groups in total. The topological polar surface area (TPSA) is 106 Å². The fraction of sp³-hybridized carbons (Fsp3) is 0.300. The average Bonchev–Trinajstić information content (AvgIpc) is 2.73. The number of carbonyl (C=O) groups is 2. The summed E-state index contributed by atoms with van der Waals surface area (Å²) in [4.78, 5) is 24.3. The molecule has 29 heavy (non-hydrogen) atoms. The van der Waals surface area contributed by atoms with E-state index in [1.54, 1.807) is 6.92 Å². The fourth-order valence-electron chi connectivity index (χ4n) is 2.62. The van der Waals surface area contributed by atoms with Crippen LogP contribution in [0.2, 0.25) is 0 Å². The first kappa shape index (κ1) is 22.0. The molecule has 0 aliphatic heterocycles. The smallest absolute Gasteiger partial charge is 0.255 e. The van der Waals surface area contributed by atoms with Gasteiger partial charge < -0.3 is 30.0 Å². The summed E-state index contributed by atoms with van der Waals surface area (Å²) in [7, 11) is 4.35. The van der Waals surface area contributed by atoms with Crippen LogP contribution in [-0.4, -0.2) is 38.3 Å². The third-order valence-corrected chi connectivity index (χ3v) is 4.10. The Morgan fingerprint density at radius 2 is 1.62 bits per heavy atom. The van der Waals surface area contributed by atoms with Gasteiger partial charge in [-0.05, 0) is 12.1 Å². The summed E-state index contributed by atoms with van der Waals surface area (Å²) in [6.45, 7) is 0.979. The largest absolute Gasteiger partial charge is 0.493 e. The lowest BCUT2D eigenvalue weighted by molar-refractivity contribution is -0.115. The van der Waals surface area contributed by atoms with Crippen LogP contribution in [0.25, 0.3) is 0 Å². The highest BCUT2D eigenvalue weighted by Crippen LogP contribution is 2.40. The van der Waals surface area contributed by atoms with Crippen molar-refractivity contribution in [3.8, 4) is 17.2 Å². The van der Waals surface area contributed by atoms with E-state index in [2.05, 4.69) is 10.6 Å². The normalized spacial score (nSPS) is 10.3. The lowest BCUT2D eigenvalue weighted by Gasteiger charge is -2.15. The van der Waals surface area contributed by atoms with E-state index in [0.717, 1.165) is 0 Å². The highest BCUT2D eigenvalue weighted by atomic mass is 19.1. The van der Waals surface area contributed by atoms with E-state index in [4.69, 9.17) is 14.2 Å². The standard InChI is InChI=1S/C20H23FN2O6/c1-5-17(25)23-14-7-11(6-12(10-24)18(14)21)20(26)22-13-8-15(27-2)19(29-4)16(9-13)28-3/h6-9,24H,5,10H2,1-4H3,(H,22,26)(H,23,25). The van der Waals surface area contributed by atoms with Gasteiger partial charge in [0.2, 0.25) is 11.7 Å². The van der Waals surface area contributed by atoms with Crippen molar-refractivity contribution in [1.29, 1.82) is 0 Å². The van der Waals surface area contributed by atoms with Crippen molar-refractivity contribution in [2.24, 2.45) is 0 Å². The van der Waals surface area contributed by atoms with Crippen LogP contribution in [0.15, 0.2) is 24.3 Å². The van der Waals surface area contributed by atoms with Crippen molar-refractivity contribution < 1.29 is 33.3 Å². The second-order valence-corrected chi connectivity index (χ2v) is 5.92. The van der Waals surface area contributed by atoms with Gasteiger partial charge in [-0.25, -0.2) is 4.39 Å². The first-order chi connectivity index (χ1) is 13.9. The number of aliphatic hydroxyl groups excluding tert-OH is 1. The minimum atomic E-state index is -0.793. The Bertz CT molecular complexity index is 891. The SMILES string of the molecule is CCC(=O)Nc1cc(C(=O)Nc2cc(OC)c(OC)c(OC)c2)cc(CO)c1F. The van der Waals surface area contributed by atoms with Gasteiger partial charge in [-0.1, -0.05) is 6.92 Å². The zero-order valence-corrected chi connectivity index (χ0v) is 16.6. The van der Waals surface area contributed by atoms with Crippen LogP contribution < -0.4 is 24.8 Å². The van der Waals surface area contributed by atoms with Crippen molar-refractivity contribution in [1.82, 2.24) is 0 Å². The highest BCUT2D eigenvalue weighted by Gasteiger charge is 2.18. The average molecular weight is 406 g/mol. The van der Waals surface area contributed by atoms with Crippen molar-refractivity contribution in [3.05, 3.63) is 41.2 Å². The molecule has 2 aromatic carbocycles. The maximum Gasteiger partial charge on any atom is 0.255 e. The Balaban J connectivity index is 2.40. The highest BCUT2D eigenvalue weighted by molar-refractivity contribution is 6.06. The first-order valence-electron chi connectivity index (χ1n) is 8.72. The number of anilines is 2. The molecule has 0 aromatic heterocycles. The molecule has 0 spiro atoms. The second kappa shape index (κ2) is 9.74. The van der Waals surface area contributed by atoms with Gasteiger partial charge in [-0.15, -0.1) is 0 Å². The predicted molar refractivity (Wildman–Crippen MR) is 105 cm³/mol. The monoisotopic (exact) mass is 406 g/mol. The molecule has 9 heteroatoms. The lowest BCUT2D eigenvalue weighted by Crippen LogP contribution is -2.16. The molecule has 0 bridgehead atoms. The summed E-state index contributed by atoms with van der Waals surface area (Å²) in [6.07, 6.45) is 0.135. The predicted octanol–water partition coefficient (Wildman–Crippen LogP) is 2.94. The summed E-state index contributed by atoms with van der Waals surface area (Å²) in [6, 6.07) is 5.49. The van der Waals surface area contributed by atoms with Gasteiger partial charge >= 0.3 is 0 Å². The fourth-order valence-corrected chi connectivity index (χ4v) is 2.62. The minimum absolute atomic E-state index is 0.0515. The quantitative estimate of drug-likeness (QED) is 0.622. The van der Waals surface area contributed by atoms with Crippen LogP contribution in [0.5, 0.6) is 17.2 Å². The molecule has 0 fully saturated rings. The number of rotatable bonds is 8. The van der Waals surface area contributed by atoms with E-state index in [9.17, 15) is 19.1 Å². The first-order valence-corrected chi connectivity index (χ1v) is 8.72. The third-order valence-electron chi connectivity index (χ3n) is 4.10. The van der Waals surface area contributed by atoms with Crippen LogP contribution in [-0.2, 0) is 11.4 Å². The van der Waals surface area contributed by atoms with Crippen molar-refractivity contribution >= 4 is 23.2 Å². The van der Waals surface area contributed by atoms with E-state index in [-0.39, 0.29) is 23.2 Å². The number of carbonyl (C=O) groups excluding carboxylic acids is 2. The molecule has 2 aromatic rings.